The first-order valence-corrected chi connectivity index (χ1v) is 9.79. The summed E-state index contributed by atoms with van der Waals surface area (Å²) in [5.41, 5.74) is -1.58. The Balaban J connectivity index is 1.84. The molecule has 8 heteroatoms. The molecule has 1 atom stereocenters. The average molecular weight is 441 g/mol. The normalized spacial score (nSPS) is 15.2. The third kappa shape index (κ3) is 4.81. The van der Waals surface area contributed by atoms with Gasteiger partial charge in [-0.3, -0.25) is 9.59 Å². The molecule has 0 N–H and O–H groups in total. The molecule has 0 radical (unpaired) electrons. The monoisotopic (exact) mass is 441 g/mol. The quantitative estimate of drug-likeness (QED) is 0.400. The van der Waals surface area contributed by atoms with Crippen LogP contribution in [0.5, 0.6) is 5.75 Å². The molecule has 1 heterocycles. The van der Waals surface area contributed by atoms with Gasteiger partial charge in [0.25, 0.3) is 11.8 Å². The van der Waals surface area contributed by atoms with Crippen LogP contribution in [0.1, 0.15) is 26.3 Å². The maximum atomic E-state index is 13.9. The number of hydrogen-bond acceptors (Lipinski definition) is 4. The second-order valence-corrected chi connectivity index (χ2v) is 7.12. The van der Waals surface area contributed by atoms with Crippen molar-refractivity contribution in [1.82, 2.24) is 0 Å². The highest BCUT2D eigenvalue weighted by molar-refractivity contribution is 6.26. The lowest BCUT2D eigenvalue weighted by atomic mass is 10.1. The molecule has 0 bridgehead atoms. The Morgan fingerprint density at radius 2 is 1.44 bits per heavy atom. The number of ether oxygens (including phenoxy) is 2. The zero-order valence-electron chi connectivity index (χ0n) is 16.7. The highest BCUT2D eigenvalue weighted by Crippen LogP contribution is 2.40. The maximum absolute atomic E-state index is 13.9. The van der Waals surface area contributed by atoms with E-state index in [2.05, 4.69) is 0 Å². The molecule has 164 valence electrons. The molecule has 2 amide bonds. The summed E-state index contributed by atoms with van der Waals surface area (Å²) in [7, 11) is 0. The predicted octanol–water partition coefficient (Wildman–Crippen LogP) is 4.97. The van der Waals surface area contributed by atoms with Crippen LogP contribution in [0.3, 0.4) is 0 Å². The van der Waals surface area contributed by atoms with Crippen LogP contribution in [0.2, 0.25) is 0 Å². The molecule has 1 aliphatic heterocycles. The number of carbonyl (C=O) groups is 2. The molecule has 0 aliphatic carbocycles. The van der Waals surface area contributed by atoms with Gasteiger partial charge in [-0.2, -0.15) is 13.2 Å². The van der Waals surface area contributed by atoms with Crippen molar-refractivity contribution in [3.05, 3.63) is 95.6 Å². The van der Waals surface area contributed by atoms with Crippen LogP contribution in [0, 0.1) is 0 Å². The van der Waals surface area contributed by atoms with Crippen molar-refractivity contribution in [3.63, 3.8) is 0 Å². The summed E-state index contributed by atoms with van der Waals surface area (Å²) in [6.07, 6.45) is -4.92. The van der Waals surface area contributed by atoms with E-state index in [4.69, 9.17) is 9.47 Å². The second kappa shape index (κ2) is 8.84. The molecule has 1 aliphatic rings. The van der Waals surface area contributed by atoms with Crippen molar-refractivity contribution < 1.29 is 32.2 Å². The molecule has 1 unspecified atom stereocenters. The van der Waals surface area contributed by atoms with Crippen LogP contribution >= 0.6 is 0 Å². The van der Waals surface area contributed by atoms with Crippen LogP contribution in [-0.2, 0) is 10.9 Å². The van der Waals surface area contributed by atoms with Gasteiger partial charge >= 0.3 is 6.18 Å². The molecule has 5 nitrogen and oxygen atoms in total. The Bertz CT molecular complexity index is 1060. The summed E-state index contributed by atoms with van der Waals surface area (Å²) in [5.74, 6) is -1.67. The Labute approximate surface area is 182 Å². The van der Waals surface area contributed by atoms with Gasteiger partial charge in [-0.05, 0) is 36.4 Å². The van der Waals surface area contributed by atoms with Gasteiger partial charge in [0.15, 0.2) is 0 Å². The molecule has 3 aromatic rings. The summed E-state index contributed by atoms with van der Waals surface area (Å²) in [6, 6.07) is 18.4. The fraction of sp³-hybridized carbons (Fsp3) is 0.167. The highest BCUT2D eigenvalue weighted by atomic mass is 19.4. The maximum Gasteiger partial charge on any atom is 0.418 e. The van der Waals surface area contributed by atoms with Crippen LogP contribution in [-0.4, -0.2) is 31.1 Å². The molecule has 1 saturated heterocycles. The Hall–Kier alpha value is -3.65. The number of nitrogens with zero attached hydrogens (tertiary/aromatic N) is 1. The van der Waals surface area contributed by atoms with Gasteiger partial charge in [-0.15, -0.1) is 0 Å². The Morgan fingerprint density at radius 3 is 1.91 bits per heavy atom. The lowest BCUT2D eigenvalue weighted by Crippen LogP contribution is -2.38. The highest BCUT2D eigenvalue weighted by Gasteiger charge is 2.39. The summed E-state index contributed by atoms with van der Waals surface area (Å²) in [5, 5.41) is 0. The van der Waals surface area contributed by atoms with E-state index in [-0.39, 0.29) is 29.6 Å². The number of carbonyl (C=O) groups excluding carboxylic acids is 2. The van der Waals surface area contributed by atoms with E-state index in [1.807, 2.05) is 0 Å². The summed E-state index contributed by atoms with van der Waals surface area (Å²) in [4.78, 5) is 27.2. The van der Waals surface area contributed by atoms with Crippen LogP contribution in [0.4, 0.5) is 18.9 Å². The number of rotatable bonds is 6. The molecule has 3 aromatic carbocycles. The van der Waals surface area contributed by atoms with Crippen molar-refractivity contribution in [2.75, 3.05) is 18.1 Å². The van der Waals surface area contributed by atoms with Crippen molar-refractivity contribution >= 4 is 17.5 Å². The second-order valence-electron chi connectivity index (χ2n) is 7.12. The van der Waals surface area contributed by atoms with Gasteiger partial charge in [0, 0.05) is 17.2 Å². The molecule has 0 saturated carbocycles. The molecule has 4 rings (SSSR count). The fourth-order valence-corrected chi connectivity index (χ4v) is 3.11. The first-order chi connectivity index (χ1) is 15.3. The number of imide groups is 1. The van der Waals surface area contributed by atoms with Crippen LogP contribution < -0.4 is 9.64 Å². The average Bonchev–Trinajstić information content (AvgIpc) is 3.63. The third-order valence-electron chi connectivity index (χ3n) is 4.80. The lowest BCUT2D eigenvalue weighted by molar-refractivity contribution is -0.137. The number of hydrogen-bond donors (Lipinski definition) is 0. The van der Waals surface area contributed by atoms with Crippen LogP contribution in [0.25, 0.3) is 0 Å². The topological polar surface area (TPSA) is 59.1 Å². The fourth-order valence-electron chi connectivity index (χ4n) is 3.11. The Kier molecular flexibility index (Phi) is 5.96. The van der Waals surface area contributed by atoms with Gasteiger partial charge < -0.3 is 9.47 Å². The number of halogens is 3. The molecule has 1 fully saturated rings. The van der Waals surface area contributed by atoms with E-state index in [0.29, 0.717) is 11.5 Å². The summed E-state index contributed by atoms with van der Waals surface area (Å²) in [6.45, 7) is 0.669. The summed E-state index contributed by atoms with van der Waals surface area (Å²) >= 11 is 0. The minimum atomic E-state index is -4.81. The third-order valence-corrected chi connectivity index (χ3v) is 4.80. The van der Waals surface area contributed by atoms with Crippen molar-refractivity contribution in [2.24, 2.45) is 0 Å². The zero-order chi connectivity index (χ0) is 22.7. The first kappa shape index (κ1) is 21.6. The van der Waals surface area contributed by atoms with E-state index in [9.17, 15) is 22.8 Å². The van der Waals surface area contributed by atoms with Crippen molar-refractivity contribution in [3.8, 4) is 5.75 Å². The van der Waals surface area contributed by atoms with E-state index >= 15 is 0 Å². The minimum absolute atomic E-state index is 0.0719. The van der Waals surface area contributed by atoms with Crippen molar-refractivity contribution in [2.45, 2.75) is 12.3 Å². The van der Waals surface area contributed by atoms with E-state index < -0.39 is 29.2 Å². The Morgan fingerprint density at radius 1 is 0.906 bits per heavy atom. The van der Waals surface area contributed by atoms with Gasteiger partial charge in [0.1, 0.15) is 18.5 Å². The van der Waals surface area contributed by atoms with E-state index in [1.165, 1.54) is 24.3 Å². The molecule has 0 spiro atoms. The number of benzene rings is 3. The predicted molar refractivity (Wildman–Crippen MR) is 111 cm³/mol. The van der Waals surface area contributed by atoms with E-state index in [0.717, 1.165) is 18.2 Å². The first-order valence-electron chi connectivity index (χ1n) is 9.79. The smallest absolute Gasteiger partial charge is 0.418 e. The van der Waals surface area contributed by atoms with Gasteiger partial charge in [-0.25, -0.2) is 4.90 Å². The molecular formula is C24H18F3NO4. The van der Waals surface area contributed by atoms with Gasteiger partial charge in [0.2, 0.25) is 0 Å². The number of amides is 2. The molecule has 0 aromatic heterocycles. The van der Waals surface area contributed by atoms with Gasteiger partial charge in [-0.1, -0.05) is 36.4 Å². The number of epoxide rings is 1. The SMILES string of the molecule is O=C(c1ccccc1)N(C(=O)c1ccccc1)c1cc(OCC2CO2)ccc1C(F)(F)F. The number of alkyl halides is 3. The molecule has 32 heavy (non-hydrogen) atoms. The van der Waals surface area contributed by atoms with Crippen LogP contribution in [0.15, 0.2) is 78.9 Å². The zero-order valence-corrected chi connectivity index (χ0v) is 16.7. The standard InChI is InChI=1S/C24H18F3NO4/c25-24(26,27)20-12-11-18(31-14-19-15-32-19)13-21(20)28(22(29)16-7-3-1-4-8-16)23(30)17-9-5-2-6-10-17/h1-13,19H,14-15H2. The number of anilines is 1. The van der Waals surface area contributed by atoms with Crippen molar-refractivity contribution in [1.29, 1.82) is 0 Å². The van der Waals surface area contributed by atoms with Gasteiger partial charge in [0.05, 0.1) is 17.9 Å². The van der Waals surface area contributed by atoms with E-state index in [1.54, 1.807) is 36.4 Å². The lowest BCUT2D eigenvalue weighted by Gasteiger charge is -2.25. The largest absolute Gasteiger partial charge is 0.491 e. The summed E-state index contributed by atoms with van der Waals surface area (Å²) < 4.78 is 52.2. The minimum Gasteiger partial charge on any atom is -0.491 e. The molecular weight excluding hydrogens is 423 g/mol.